The third-order valence-electron chi connectivity index (χ3n) is 5.12. The number of aldehydes is 1. The Bertz CT molecular complexity index is 611. The van der Waals surface area contributed by atoms with E-state index in [1.54, 1.807) is 4.90 Å². The number of likely N-dealkylation sites (tertiary alicyclic amines) is 1. The lowest BCUT2D eigenvalue weighted by Crippen LogP contribution is -2.61. The molecule has 136 valence electrons. The van der Waals surface area contributed by atoms with Crippen LogP contribution in [0.1, 0.15) is 45.6 Å². The van der Waals surface area contributed by atoms with Crippen LogP contribution >= 0.6 is 0 Å². The van der Waals surface area contributed by atoms with Crippen molar-refractivity contribution in [2.75, 3.05) is 6.54 Å². The maximum atomic E-state index is 12.7. The third kappa shape index (κ3) is 4.03. The lowest BCUT2D eigenvalue weighted by Gasteiger charge is -2.46. The fraction of sp³-hybridized carbons (Fsp3) is 0.600. The van der Waals surface area contributed by atoms with E-state index in [0.717, 1.165) is 25.7 Å². The van der Waals surface area contributed by atoms with E-state index in [2.05, 4.69) is 29.2 Å². The van der Waals surface area contributed by atoms with Gasteiger partial charge in [-0.25, -0.2) is 4.79 Å². The van der Waals surface area contributed by atoms with Gasteiger partial charge in [0.15, 0.2) is 0 Å². The van der Waals surface area contributed by atoms with Crippen molar-refractivity contribution in [1.82, 2.24) is 9.80 Å². The lowest BCUT2D eigenvalue weighted by molar-refractivity contribution is -0.110. The van der Waals surface area contributed by atoms with Gasteiger partial charge >= 0.3 is 6.09 Å². The summed E-state index contributed by atoms with van der Waals surface area (Å²) in [6.45, 7) is 7.13. The number of amides is 1. The molecule has 5 nitrogen and oxygen atoms in total. The molecule has 0 saturated carbocycles. The summed E-state index contributed by atoms with van der Waals surface area (Å²) >= 11 is 0. The largest absolute Gasteiger partial charge is 0.444 e. The summed E-state index contributed by atoms with van der Waals surface area (Å²) in [6, 6.07) is 10.8. The summed E-state index contributed by atoms with van der Waals surface area (Å²) in [5, 5.41) is 0. The summed E-state index contributed by atoms with van der Waals surface area (Å²) < 4.78 is 5.58. The Balaban J connectivity index is 1.78. The van der Waals surface area contributed by atoms with Crippen molar-refractivity contribution in [3.8, 4) is 0 Å². The van der Waals surface area contributed by atoms with Gasteiger partial charge in [0.1, 0.15) is 11.9 Å². The van der Waals surface area contributed by atoms with Crippen LogP contribution in [0.5, 0.6) is 0 Å². The Hall–Kier alpha value is -1.88. The second-order valence-electron chi connectivity index (χ2n) is 8.06. The first kappa shape index (κ1) is 17.9. The SMILES string of the molecule is CC(C)(C)OC(=O)N1C[C@@H]2CC[C@H](C1CC=O)N2Cc1ccccc1. The van der Waals surface area contributed by atoms with Crippen molar-refractivity contribution in [1.29, 1.82) is 0 Å². The Morgan fingerprint density at radius 2 is 1.96 bits per heavy atom. The van der Waals surface area contributed by atoms with Gasteiger partial charge < -0.3 is 14.4 Å². The Labute approximate surface area is 149 Å². The van der Waals surface area contributed by atoms with E-state index in [1.165, 1.54) is 5.56 Å². The zero-order valence-corrected chi connectivity index (χ0v) is 15.4. The molecule has 3 rings (SSSR count). The predicted octanol–water partition coefficient (Wildman–Crippen LogP) is 3.23. The summed E-state index contributed by atoms with van der Waals surface area (Å²) in [4.78, 5) is 28.2. The van der Waals surface area contributed by atoms with Gasteiger partial charge in [0.25, 0.3) is 0 Å². The molecule has 0 radical (unpaired) electrons. The average Bonchev–Trinajstić information content (AvgIpc) is 2.82. The summed E-state index contributed by atoms with van der Waals surface area (Å²) in [7, 11) is 0. The number of rotatable bonds is 4. The highest BCUT2D eigenvalue weighted by Crippen LogP contribution is 2.37. The van der Waals surface area contributed by atoms with E-state index in [1.807, 2.05) is 26.8 Å². The molecule has 2 fully saturated rings. The molecule has 2 aliphatic rings. The number of hydrogen-bond acceptors (Lipinski definition) is 4. The number of nitrogens with zero attached hydrogens (tertiary/aromatic N) is 2. The molecule has 5 heteroatoms. The van der Waals surface area contributed by atoms with Crippen LogP contribution in [-0.2, 0) is 16.1 Å². The molecular formula is C20H28N2O3. The molecule has 0 aromatic heterocycles. The van der Waals surface area contributed by atoms with Gasteiger partial charge in [-0.3, -0.25) is 4.90 Å². The van der Waals surface area contributed by atoms with Crippen LogP contribution in [0.15, 0.2) is 30.3 Å². The molecule has 1 unspecified atom stereocenters. The molecule has 0 spiro atoms. The number of fused-ring (bicyclic) bond motifs is 2. The van der Waals surface area contributed by atoms with E-state index in [4.69, 9.17) is 4.74 Å². The van der Waals surface area contributed by atoms with Crippen LogP contribution in [0.4, 0.5) is 4.79 Å². The summed E-state index contributed by atoms with van der Waals surface area (Å²) in [5.74, 6) is 0. The fourth-order valence-corrected chi connectivity index (χ4v) is 4.10. The van der Waals surface area contributed by atoms with Crippen molar-refractivity contribution in [3.05, 3.63) is 35.9 Å². The number of benzene rings is 1. The summed E-state index contributed by atoms with van der Waals surface area (Å²) in [5.41, 5.74) is 0.748. The minimum atomic E-state index is -0.525. The van der Waals surface area contributed by atoms with E-state index in [0.29, 0.717) is 19.0 Å². The van der Waals surface area contributed by atoms with E-state index in [9.17, 15) is 9.59 Å². The van der Waals surface area contributed by atoms with E-state index in [-0.39, 0.29) is 18.2 Å². The van der Waals surface area contributed by atoms with Crippen molar-refractivity contribution in [2.24, 2.45) is 0 Å². The van der Waals surface area contributed by atoms with Gasteiger partial charge in [-0.2, -0.15) is 0 Å². The molecule has 2 aliphatic heterocycles. The topological polar surface area (TPSA) is 49.9 Å². The molecule has 0 N–H and O–H groups in total. The van der Waals surface area contributed by atoms with E-state index >= 15 is 0 Å². The molecule has 2 bridgehead atoms. The van der Waals surface area contributed by atoms with Crippen LogP contribution in [-0.4, -0.2) is 52.5 Å². The van der Waals surface area contributed by atoms with Gasteiger partial charge in [-0.15, -0.1) is 0 Å². The number of ether oxygens (including phenoxy) is 1. The van der Waals surface area contributed by atoms with Gasteiger partial charge in [0.2, 0.25) is 0 Å². The maximum absolute atomic E-state index is 12.7. The first-order chi connectivity index (χ1) is 11.9. The van der Waals surface area contributed by atoms with Crippen molar-refractivity contribution in [2.45, 2.75) is 70.3 Å². The van der Waals surface area contributed by atoms with Crippen LogP contribution < -0.4 is 0 Å². The normalized spacial score (nSPS) is 26.5. The molecule has 2 heterocycles. The number of carbonyl (C=O) groups excluding carboxylic acids is 2. The van der Waals surface area contributed by atoms with Gasteiger partial charge in [0.05, 0.1) is 6.04 Å². The average molecular weight is 344 g/mol. The van der Waals surface area contributed by atoms with Gasteiger partial charge in [0, 0.05) is 31.6 Å². The number of hydrogen-bond donors (Lipinski definition) is 0. The lowest BCUT2D eigenvalue weighted by atomic mass is 9.99. The second-order valence-corrected chi connectivity index (χ2v) is 8.06. The zero-order valence-electron chi connectivity index (χ0n) is 15.4. The first-order valence-corrected chi connectivity index (χ1v) is 9.12. The maximum Gasteiger partial charge on any atom is 0.410 e. The minimum absolute atomic E-state index is 0.102. The molecule has 2 saturated heterocycles. The molecular weight excluding hydrogens is 316 g/mol. The minimum Gasteiger partial charge on any atom is -0.444 e. The second kappa shape index (κ2) is 7.16. The van der Waals surface area contributed by atoms with Crippen molar-refractivity contribution < 1.29 is 14.3 Å². The van der Waals surface area contributed by atoms with Gasteiger partial charge in [-0.05, 0) is 39.2 Å². The van der Waals surface area contributed by atoms with Crippen molar-refractivity contribution in [3.63, 3.8) is 0 Å². The number of piperazine rings is 1. The Morgan fingerprint density at radius 3 is 2.60 bits per heavy atom. The monoisotopic (exact) mass is 344 g/mol. The highest BCUT2D eigenvalue weighted by molar-refractivity contribution is 5.70. The van der Waals surface area contributed by atoms with E-state index < -0.39 is 5.60 Å². The quantitative estimate of drug-likeness (QED) is 0.787. The smallest absolute Gasteiger partial charge is 0.410 e. The molecule has 1 aromatic rings. The standard InChI is InChI=1S/C20H28N2O3/c1-20(2,3)25-19(24)22-14-16-9-10-17(18(22)11-12-23)21(16)13-15-7-5-4-6-8-15/h4-8,12,16-18H,9-11,13-14H2,1-3H3/t16-,17+,18?/m0/s1. The molecule has 3 atom stereocenters. The molecule has 1 amide bonds. The van der Waals surface area contributed by atoms with Gasteiger partial charge in [-0.1, -0.05) is 30.3 Å². The van der Waals surface area contributed by atoms with Crippen LogP contribution in [0, 0.1) is 0 Å². The number of carbonyl (C=O) groups is 2. The highest BCUT2D eigenvalue weighted by Gasteiger charge is 2.48. The van der Waals surface area contributed by atoms with Crippen LogP contribution in [0.2, 0.25) is 0 Å². The van der Waals surface area contributed by atoms with Crippen LogP contribution in [0.3, 0.4) is 0 Å². The predicted molar refractivity (Wildman–Crippen MR) is 96.2 cm³/mol. The van der Waals surface area contributed by atoms with Crippen molar-refractivity contribution >= 4 is 12.4 Å². The van der Waals surface area contributed by atoms with Crippen LogP contribution in [0.25, 0.3) is 0 Å². The molecule has 25 heavy (non-hydrogen) atoms. The fourth-order valence-electron chi connectivity index (χ4n) is 4.10. The first-order valence-electron chi connectivity index (χ1n) is 9.12. The molecule has 0 aliphatic carbocycles. The third-order valence-corrected chi connectivity index (χ3v) is 5.12. The highest BCUT2D eigenvalue weighted by atomic mass is 16.6. The Morgan fingerprint density at radius 1 is 1.24 bits per heavy atom. The molecule has 1 aromatic carbocycles. The Kier molecular flexibility index (Phi) is 5.13. The summed E-state index contributed by atoms with van der Waals surface area (Å²) in [6.07, 6.45) is 3.08. The zero-order chi connectivity index (χ0) is 18.0.